The van der Waals surface area contributed by atoms with Crippen molar-refractivity contribution in [2.24, 2.45) is 14.1 Å². The van der Waals surface area contributed by atoms with Gasteiger partial charge in [0.15, 0.2) is 5.82 Å². The number of aryl methyl sites for hydroxylation is 1. The van der Waals surface area contributed by atoms with Gasteiger partial charge in [-0.15, -0.1) is 0 Å². The number of fused-ring (bicyclic) bond motifs is 1. The molecule has 0 aliphatic carbocycles. The minimum absolute atomic E-state index is 0.0612. The minimum atomic E-state index is -0.736. The van der Waals surface area contributed by atoms with Gasteiger partial charge in [0.05, 0.1) is 18.4 Å². The van der Waals surface area contributed by atoms with Crippen molar-refractivity contribution in [3.8, 4) is 28.5 Å². The first-order valence-electron chi connectivity index (χ1n) is 8.63. The van der Waals surface area contributed by atoms with Gasteiger partial charge in [-0.2, -0.15) is 4.98 Å². The second-order valence-corrected chi connectivity index (χ2v) is 6.36. The molecule has 9 heteroatoms. The van der Waals surface area contributed by atoms with E-state index in [0.717, 1.165) is 14.7 Å². The summed E-state index contributed by atoms with van der Waals surface area (Å²) < 4.78 is 12.6. The lowest BCUT2D eigenvalue weighted by Gasteiger charge is -2.09. The van der Waals surface area contributed by atoms with Crippen LogP contribution in [0.4, 0.5) is 0 Å². The molecule has 4 rings (SSSR count). The van der Waals surface area contributed by atoms with Crippen LogP contribution in [0.25, 0.3) is 33.7 Å². The van der Waals surface area contributed by atoms with E-state index in [4.69, 9.17) is 9.15 Å². The van der Waals surface area contributed by atoms with Crippen molar-refractivity contribution in [3.63, 3.8) is 0 Å². The van der Waals surface area contributed by atoms with Gasteiger partial charge in [0.1, 0.15) is 5.39 Å². The lowest BCUT2D eigenvalue weighted by Crippen LogP contribution is -2.37. The molecule has 0 aliphatic rings. The molecule has 0 bridgehead atoms. The van der Waals surface area contributed by atoms with Crippen molar-refractivity contribution < 1.29 is 9.15 Å². The van der Waals surface area contributed by atoms with Gasteiger partial charge in [-0.3, -0.25) is 13.9 Å². The molecule has 3 aromatic heterocycles. The maximum atomic E-state index is 12.6. The zero-order chi connectivity index (χ0) is 20.7. The molecule has 3 heterocycles. The summed E-state index contributed by atoms with van der Waals surface area (Å²) in [4.78, 5) is 46.0. The van der Waals surface area contributed by atoms with E-state index in [1.807, 2.05) is 30.3 Å². The predicted octanol–water partition coefficient (Wildman–Crippen LogP) is 1.32. The van der Waals surface area contributed by atoms with E-state index >= 15 is 0 Å². The Morgan fingerprint density at radius 2 is 1.69 bits per heavy atom. The van der Waals surface area contributed by atoms with Gasteiger partial charge in [-0.25, -0.2) is 14.6 Å². The summed E-state index contributed by atoms with van der Waals surface area (Å²) in [5, 5.41) is 0.0861. The third kappa shape index (κ3) is 3.02. The molecule has 0 atom stereocenters. The number of ether oxygens (including phenoxy) is 1. The molecule has 0 saturated heterocycles. The molecule has 0 unspecified atom stereocenters. The predicted molar refractivity (Wildman–Crippen MR) is 106 cm³/mol. The van der Waals surface area contributed by atoms with E-state index in [1.165, 1.54) is 33.3 Å². The summed E-state index contributed by atoms with van der Waals surface area (Å²) in [6.45, 7) is 0. The highest BCUT2D eigenvalue weighted by atomic mass is 16.5. The fourth-order valence-electron chi connectivity index (χ4n) is 3.01. The van der Waals surface area contributed by atoms with Crippen molar-refractivity contribution >= 4 is 11.1 Å². The van der Waals surface area contributed by atoms with Crippen LogP contribution in [0, 0.1) is 0 Å². The van der Waals surface area contributed by atoms with E-state index < -0.39 is 16.9 Å². The first-order valence-corrected chi connectivity index (χ1v) is 8.63. The number of hydrogen-bond donors (Lipinski definition) is 0. The van der Waals surface area contributed by atoms with Gasteiger partial charge in [-0.05, 0) is 6.07 Å². The van der Waals surface area contributed by atoms with Crippen molar-refractivity contribution in [2.75, 3.05) is 7.11 Å². The van der Waals surface area contributed by atoms with Gasteiger partial charge in [-0.1, -0.05) is 30.3 Å². The summed E-state index contributed by atoms with van der Waals surface area (Å²) >= 11 is 0. The van der Waals surface area contributed by atoms with Crippen LogP contribution in [0.3, 0.4) is 0 Å². The van der Waals surface area contributed by atoms with Crippen LogP contribution in [0.15, 0.2) is 61.3 Å². The van der Waals surface area contributed by atoms with Gasteiger partial charge in [0.25, 0.3) is 5.56 Å². The molecular weight excluding hydrogens is 376 g/mol. The van der Waals surface area contributed by atoms with Crippen LogP contribution >= 0.6 is 0 Å². The monoisotopic (exact) mass is 392 g/mol. The zero-order valence-electron chi connectivity index (χ0n) is 15.9. The Morgan fingerprint density at radius 3 is 2.38 bits per heavy atom. The molecule has 29 heavy (non-hydrogen) atoms. The fourth-order valence-corrected chi connectivity index (χ4v) is 3.01. The quantitative estimate of drug-likeness (QED) is 0.517. The number of benzene rings is 1. The summed E-state index contributed by atoms with van der Waals surface area (Å²) in [5.41, 5.74) is -0.966. The number of rotatable bonds is 3. The van der Waals surface area contributed by atoms with Crippen LogP contribution in [0.2, 0.25) is 0 Å². The highest BCUT2D eigenvalue weighted by molar-refractivity contribution is 5.78. The highest BCUT2D eigenvalue weighted by Crippen LogP contribution is 2.24. The van der Waals surface area contributed by atoms with E-state index in [2.05, 4.69) is 9.97 Å². The Kier molecular flexibility index (Phi) is 4.34. The summed E-state index contributed by atoms with van der Waals surface area (Å²) in [6, 6.07) is 12.1. The largest absolute Gasteiger partial charge is 0.481 e. The Bertz CT molecular complexity index is 1420. The van der Waals surface area contributed by atoms with E-state index in [1.54, 1.807) is 0 Å². The van der Waals surface area contributed by atoms with Crippen LogP contribution in [0.5, 0.6) is 5.88 Å². The van der Waals surface area contributed by atoms with Gasteiger partial charge < -0.3 is 9.15 Å². The average molecular weight is 392 g/mol. The molecule has 9 nitrogen and oxygen atoms in total. The lowest BCUT2D eigenvalue weighted by atomic mass is 10.1. The first-order chi connectivity index (χ1) is 13.9. The molecule has 146 valence electrons. The molecule has 4 aromatic rings. The number of methoxy groups -OCH3 is 1. The van der Waals surface area contributed by atoms with E-state index in [0.29, 0.717) is 5.82 Å². The van der Waals surface area contributed by atoms with Crippen molar-refractivity contribution in [1.82, 2.24) is 19.1 Å². The van der Waals surface area contributed by atoms with E-state index in [9.17, 15) is 14.4 Å². The molecule has 1 aromatic carbocycles. The van der Waals surface area contributed by atoms with Crippen LogP contribution < -0.4 is 21.6 Å². The Balaban J connectivity index is 2.02. The lowest BCUT2D eigenvalue weighted by molar-refractivity contribution is 0.397. The third-order valence-corrected chi connectivity index (χ3v) is 4.56. The van der Waals surface area contributed by atoms with Crippen molar-refractivity contribution in [1.29, 1.82) is 0 Å². The SMILES string of the molecule is COc1cc(-c2cc3c(=O)n(C)c(=O)n(C)c3oc2=O)nc(-c2ccccc2)n1. The molecule has 0 N–H and O–H groups in total. The molecule has 0 aliphatic heterocycles. The summed E-state index contributed by atoms with van der Waals surface area (Å²) in [5.74, 6) is 0.606. The van der Waals surface area contributed by atoms with Crippen molar-refractivity contribution in [3.05, 3.63) is 73.7 Å². The maximum Gasteiger partial charge on any atom is 0.347 e. The maximum absolute atomic E-state index is 12.6. The summed E-state index contributed by atoms with van der Waals surface area (Å²) in [7, 11) is 4.24. The fraction of sp³-hybridized carbons (Fsp3) is 0.150. The van der Waals surface area contributed by atoms with Gasteiger partial charge in [0.2, 0.25) is 11.6 Å². The van der Waals surface area contributed by atoms with Crippen molar-refractivity contribution in [2.45, 2.75) is 0 Å². The Hall–Kier alpha value is -4.01. The molecule has 0 spiro atoms. The average Bonchev–Trinajstić information content (AvgIpc) is 2.76. The number of nitrogens with zero attached hydrogens (tertiary/aromatic N) is 4. The number of aromatic nitrogens is 4. The molecule has 0 saturated carbocycles. The topological polar surface area (TPSA) is 109 Å². The van der Waals surface area contributed by atoms with Gasteiger partial charge >= 0.3 is 11.3 Å². The summed E-state index contributed by atoms with van der Waals surface area (Å²) in [6.07, 6.45) is 0. The van der Waals surface area contributed by atoms with Crippen LogP contribution in [0.1, 0.15) is 0 Å². The smallest absolute Gasteiger partial charge is 0.347 e. The minimum Gasteiger partial charge on any atom is -0.481 e. The molecule has 0 fully saturated rings. The Morgan fingerprint density at radius 1 is 0.966 bits per heavy atom. The Labute approximate surface area is 163 Å². The third-order valence-electron chi connectivity index (χ3n) is 4.56. The molecule has 0 amide bonds. The second kappa shape index (κ2) is 6.86. The second-order valence-electron chi connectivity index (χ2n) is 6.36. The first kappa shape index (κ1) is 18.4. The van der Waals surface area contributed by atoms with E-state index in [-0.39, 0.29) is 28.2 Å². The number of hydrogen-bond acceptors (Lipinski definition) is 7. The zero-order valence-corrected chi connectivity index (χ0v) is 15.9. The standard InChI is InChI=1S/C20H16N4O5/c1-23-17(25)13-9-12(19(26)29-18(13)24(2)20(23)27)14-10-15(28-3)22-16(21-14)11-7-5-4-6-8-11/h4-10H,1-3H3. The van der Waals surface area contributed by atoms with Gasteiger partial charge in [0, 0.05) is 25.7 Å². The highest BCUT2D eigenvalue weighted by Gasteiger charge is 2.18. The molecule has 0 radical (unpaired) electrons. The molecular formula is C20H16N4O5. The normalized spacial score (nSPS) is 11.0. The van der Waals surface area contributed by atoms with Crippen LogP contribution in [-0.2, 0) is 14.1 Å². The van der Waals surface area contributed by atoms with Crippen LogP contribution in [-0.4, -0.2) is 26.2 Å².